The van der Waals surface area contributed by atoms with E-state index in [1.807, 2.05) is 0 Å². The number of rotatable bonds is 2. The maximum Gasteiger partial charge on any atom is 0.0105 e. The van der Waals surface area contributed by atoms with Gasteiger partial charge in [0, 0.05) is 6.04 Å². The van der Waals surface area contributed by atoms with Gasteiger partial charge in [-0.3, -0.25) is 0 Å². The van der Waals surface area contributed by atoms with E-state index < -0.39 is 0 Å². The summed E-state index contributed by atoms with van der Waals surface area (Å²) in [5.41, 5.74) is 7.58. The van der Waals surface area contributed by atoms with Gasteiger partial charge in [0.05, 0.1) is 0 Å². The van der Waals surface area contributed by atoms with Crippen molar-refractivity contribution in [3.8, 4) is 0 Å². The molecule has 72 valence electrons. The van der Waals surface area contributed by atoms with Crippen LogP contribution >= 0.6 is 11.3 Å². The van der Waals surface area contributed by atoms with Gasteiger partial charge in [-0.25, -0.2) is 0 Å². The Hall–Kier alpha value is -0.340. The van der Waals surface area contributed by atoms with Gasteiger partial charge in [0.15, 0.2) is 0 Å². The Morgan fingerprint density at radius 2 is 2.31 bits per heavy atom. The molecular formula is C11H17NS. The van der Waals surface area contributed by atoms with Crippen LogP contribution in [-0.4, -0.2) is 6.04 Å². The van der Waals surface area contributed by atoms with Gasteiger partial charge in [0.25, 0.3) is 0 Å². The van der Waals surface area contributed by atoms with Crippen molar-refractivity contribution in [3.63, 3.8) is 0 Å². The first-order valence-corrected chi connectivity index (χ1v) is 5.97. The van der Waals surface area contributed by atoms with Crippen LogP contribution in [0.1, 0.15) is 31.7 Å². The van der Waals surface area contributed by atoms with Gasteiger partial charge >= 0.3 is 0 Å². The highest BCUT2D eigenvalue weighted by atomic mass is 32.1. The van der Waals surface area contributed by atoms with Crippen molar-refractivity contribution in [2.75, 3.05) is 0 Å². The van der Waals surface area contributed by atoms with Gasteiger partial charge in [-0.05, 0) is 40.1 Å². The molecule has 0 saturated heterocycles. The Morgan fingerprint density at radius 1 is 1.54 bits per heavy atom. The molecule has 1 aromatic heterocycles. The minimum atomic E-state index is 0.426. The quantitative estimate of drug-likeness (QED) is 0.771. The zero-order valence-corrected chi connectivity index (χ0v) is 9.05. The van der Waals surface area contributed by atoms with E-state index in [1.165, 1.54) is 12.0 Å². The van der Waals surface area contributed by atoms with Crippen LogP contribution in [0.25, 0.3) is 0 Å². The standard InChI is InChI=1S/C11H17NS/c1-3-9-10(7(2)11(9)12)8-4-5-13-6-8/h4-7,9-11H,3,12H2,1-2H3. The zero-order valence-electron chi connectivity index (χ0n) is 8.23. The molecule has 1 aromatic rings. The maximum absolute atomic E-state index is 6.08. The third-order valence-electron chi connectivity index (χ3n) is 3.53. The van der Waals surface area contributed by atoms with Gasteiger partial charge < -0.3 is 5.73 Å². The van der Waals surface area contributed by atoms with Crippen LogP contribution in [0.3, 0.4) is 0 Å². The SMILES string of the molecule is CCC1C(N)C(C)C1c1ccsc1. The van der Waals surface area contributed by atoms with Crippen LogP contribution in [0.5, 0.6) is 0 Å². The molecule has 1 aliphatic carbocycles. The molecule has 4 unspecified atom stereocenters. The summed E-state index contributed by atoms with van der Waals surface area (Å²) in [6.07, 6.45) is 1.21. The first kappa shape index (κ1) is 9.22. The largest absolute Gasteiger partial charge is 0.327 e. The molecule has 4 atom stereocenters. The third kappa shape index (κ3) is 1.32. The molecule has 1 saturated carbocycles. The smallest absolute Gasteiger partial charge is 0.0105 e. The van der Waals surface area contributed by atoms with E-state index in [-0.39, 0.29) is 0 Å². The van der Waals surface area contributed by atoms with Crippen LogP contribution in [-0.2, 0) is 0 Å². The average molecular weight is 195 g/mol. The molecule has 0 aromatic carbocycles. The second-order valence-corrected chi connectivity index (χ2v) is 4.87. The van der Waals surface area contributed by atoms with Crippen molar-refractivity contribution in [3.05, 3.63) is 22.4 Å². The number of hydrogen-bond donors (Lipinski definition) is 1. The topological polar surface area (TPSA) is 26.0 Å². The summed E-state index contributed by atoms with van der Waals surface area (Å²) in [6, 6.07) is 2.68. The molecule has 2 rings (SSSR count). The van der Waals surface area contributed by atoms with Gasteiger partial charge in [-0.2, -0.15) is 11.3 Å². The lowest BCUT2D eigenvalue weighted by molar-refractivity contribution is 0.110. The Labute approximate surface area is 84.0 Å². The van der Waals surface area contributed by atoms with E-state index in [9.17, 15) is 0 Å². The van der Waals surface area contributed by atoms with Gasteiger partial charge in [0.2, 0.25) is 0 Å². The number of thiophene rings is 1. The molecule has 1 fully saturated rings. The van der Waals surface area contributed by atoms with E-state index in [1.54, 1.807) is 11.3 Å². The van der Waals surface area contributed by atoms with Crippen LogP contribution < -0.4 is 5.73 Å². The summed E-state index contributed by atoms with van der Waals surface area (Å²) in [4.78, 5) is 0. The van der Waals surface area contributed by atoms with Crippen molar-refractivity contribution in [1.82, 2.24) is 0 Å². The highest BCUT2D eigenvalue weighted by Crippen LogP contribution is 2.48. The fraction of sp³-hybridized carbons (Fsp3) is 0.636. The number of hydrogen-bond acceptors (Lipinski definition) is 2. The molecule has 1 nitrogen and oxygen atoms in total. The molecule has 0 radical (unpaired) electrons. The highest BCUT2D eigenvalue weighted by molar-refractivity contribution is 7.07. The minimum Gasteiger partial charge on any atom is -0.327 e. The lowest BCUT2D eigenvalue weighted by Gasteiger charge is -2.49. The predicted molar refractivity (Wildman–Crippen MR) is 58.0 cm³/mol. The summed E-state index contributed by atoms with van der Waals surface area (Å²) in [7, 11) is 0. The van der Waals surface area contributed by atoms with E-state index in [0.29, 0.717) is 17.9 Å². The summed E-state index contributed by atoms with van der Waals surface area (Å²) in [6.45, 7) is 4.52. The molecular weight excluding hydrogens is 178 g/mol. The number of nitrogens with two attached hydrogens (primary N) is 1. The molecule has 1 aliphatic rings. The normalized spacial score (nSPS) is 38.7. The van der Waals surface area contributed by atoms with Crippen LogP contribution in [0.15, 0.2) is 16.8 Å². The Morgan fingerprint density at radius 3 is 2.85 bits per heavy atom. The molecule has 13 heavy (non-hydrogen) atoms. The van der Waals surface area contributed by atoms with E-state index in [2.05, 4.69) is 30.7 Å². The van der Waals surface area contributed by atoms with Crippen molar-refractivity contribution in [2.24, 2.45) is 17.6 Å². The zero-order chi connectivity index (χ0) is 9.42. The summed E-state index contributed by atoms with van der Waals surface area (Å²) in [5, 5.41) is 4.44. The first-order valence-electron chi connectivity index (χ1n) is 5.03. The summed E-state index contributed by atoms with van der Waals surface area (Å²) >= 11 is 1.79. The molecule has 2 N–H and O–H groups in total. The molecule has 0 aliphatic heterocycles. The lowest BCUT2D eigenvalue weighted by Crippen LogP contribution is -2.53. The summed E-state index contributed by atoms with van der Waals surface area (Å²) < 4.78 is 0. The maximum atomic E-state index is 6.08. The Balaban J connectivity index is 2.16. The second-order valence-electron chi connectivity index (χ2n) is 4.09. The molecule has 0 bridgehead atoms. The van der Waals surface area contributed by atoms with Crippen LogP contribution in [0.2, 0.25) is 0 Å². The van der Waals surface area contributed by atoms with E-state index >= 15 is 0 Å². The van der Waals surface area contributed by atoms with Crippen LogP contribution in [0.4, 0.5) is 0 Å². The average Bonchev–Trinajstić information content (AvgIpc) is 2.64. The fourth-order valence-corrected chi connectivity index (χ4v) is 3.36. The van der Waals surface area contributed by atoms with Gasteiger partial charge in [-0.1, -0.05) is 20.3 Å². The third-order valence-corrected chi connectivity index (χ3v) is 4.23. The molecule has 1 heterocycles. The minimum absolute atomic E-state index is 0.426. The highest BCUT2D eigenvalue weighted by Gasteiger charge is 2.44. The van der Waals surface area contributed by atoms with Crippen molar-refractivity contribution < 1.29 is 0 Å². The van der Waals surface area contributed by atoms with E-state index in [4.69, 9.17) is 5.73 Å². The van der Waals surface area contributed by atoms with Gasteiger partial charge in [-0.15, -0.1) is 0 Å². The Kier molecular flexibility index (Phi) is 2.43. The molecule has 0 amide bonds. The van der Waals surface area contributed by atoms with E-state index in [0.717, 1.165) is 5.92 Å². The summed E-state index contributed by atoms with van der Waals surface area (Å²) in [5.74, 6) is 2.11. The first-order chi connectivity index (χ1) is 6.25. The molecule has 0 spiro atoms. The monoisotopic (exact) mass is 195 g/mol. The molecule has 2 heteroatoms. The van der Waals surface area contributed by atoms with Crippen molar-refractivity contribution in [1.29, 1.82) is 0 Å². The van der Waals surface area contributed by atoms with Gasteiger partial charge in [0.1, 0.15) is 0 Å². The fourth-order valence-electron chi connectivity index (χ4n) is 2.65. The van der Waals surface area contributed by atoms with Crippen molar-refractivity contribution >= 4 is 11.3 Å². The second kappa shape index (κ2) is 3.43. The van der Waals surface area contributed by atoms with Crippen LogP contribution in [0, 0.1) is 11.8 Å². The predicted octanol–water partition coefficient (Wildman–Crippen LogP) is 2.83. The van der Waals surface area contributed by atoms with Crippen molar-refractivity contribution in [2.45, 2.75) is 32.2 Å². The Bertz CT molecular complexity index is 268. The lowest BCUT2D eigenvalue weighted by atomic mass is 9.59.